The molecule has 0 amide bonds. The lowest BCUT2D eigenvalue weighted by Crippen LogP contribution is -2.02. The molecule has 0 saturated carbocycles. The Morgan fingerprint density at radius 2 is 2.44 bits per heavy atom. The van der Waals surface area contributed by atoms with Crippen LogP contribution in [0.5, 0.6) is 0 Å². The molecule has 0 spiro atoms. The molecule has 0 aromatic rings. The van der Waals surface area contributed by atoms with Crippen molar-refractivity contribution in [2.24, 2.45) is 0 Å². The maximum atomic E-state index is 10.3. The Hall–Kier alpha value is -0.390. The molecular weight excluding hydrogens is 144 g/mol. The Kier molecular flexibility index (Phi) is 5.49. The van der Waals surface area contributed by atoms with Crippen LogP contribution in [0.15, 0.2) is 12.8 Å². The normalized spacial score (nSPS) is 12.6. The number of hydrogen-bond acceptors (Lipinski definition) is 4. The van der Waals surface area contributed by atoms with Gasteiger partial charge in [-0.3, -0.25) is 4.18 Å². The van der Waals surface area contributed by atoms with Crippen LogP contribution in [0, 0.1) is 0 Å². The Labute approximate surface area is 56.0 Å². The summed E-state index contributed by atoms with van der Waals surface area (Å²) in [6.07, 6.45) is 1.01. The molecule has 1 N–H and O–H groups in total. The molecule has 0 radical (unpaired) electrons. The summed E-state index contributed by atoms with van der Waals surface area (Å²) in [4.78, 5) is 0. The van der Waals surface area contributed by atoms with E-state index in [0.29, 0.717) is 0 Å². The number of aliphatic hydroxyl groups is 1. The Morgan fingerprint density at radius 3 is 2.89 bits per heavy atom. The van der Waals surface area contributed by atoms with Gasteiger partial charge in [-0.15, -0.1) is 0 Å². The molecule has 1 unspecified atom stereocenters. The van der Waals surface area contributed by atoms with Gasteiger partial charge in [-0.1, -0.05) is 6.58 Å². The molecule has 0 aromatic heterocycles. The minimum atomic E-state index is -1.80. The maximum Gasteiger partial charge on any atom is 0.359 e. The summed E-state index contributed by atoms with van der Waals surface area (Å²) >= 11 is -1.80. The van der Waals surface area contributed by atoms with Crippen molar-refractivity contribution in [1.29, 1.82) is 0 Å². The van der Waals surface area contributed by atoms with Crippen molar-refractivity contribution in [3.05, 3.63) is 12.8 Å². The smallest absolute Gasteiger partial charge is 0.359 e. The molecule has 0 aliphatic rings. The highest BCUT2D eigenvalue weighted by molar-refractivity contribution is 7.75. The first-order valence-electron chi connectivity index (χ1n) is 2.25. The van der Waals surface area contributed by atoms with Crippen molar-refractivity contribution in [3.63, 3.8) is 0 Å². The first-order valence-corrected chi connectivity index (χ1v) is 3.25. The quantitative estimate of drug-likeness (QED) is 0.551. The van der Waals surface area contributed by atoms with Crippen molar-refractivity contribution in [2.45, 2.75) is 0 Å². The van der Waals surface area contributed by atoms with Crippen molar-refractivity contribution < 1.29 is 17.7 Å². The predicted molar refractivity (Wildman–Crippen MR) is 32.5 cm³/mol. The van der Waals surface area contributed by atoms with Crippen molar-refractivity contribution in [3.8, 4) is 0 Å². The highest BCUT2D eigenvalue weighted by atomic mass is 32.2. The average molecular weight is 152 g/mol. The molecule has 9 heavy (non-hydrogen) atoms. The van der Waals surface area contributed by atoms with Gasteiger partial charge >= 0.3 is 11.4 Å². The topological polar surface area (TPSA) is 55.8 Å². The molecule has 0 saturated heterocycles. The first-order chi connectivity index (χ1) is 4.31. The van der Waals surface area contributed by atoms with E-state index >= 15 is 0 Å². The van der Waals surface area contributed by atoms with Gasteiger partial charge in [-0.05, 0) is 0 Å². The lowest BCUT2D eigenvalue weighted by Gasteiger charge is -1.96. The first kappa shape index (κ1) is 8.61. The zero-order chi connectivity index (χ0) is 7.11. The van der Waals surface area contributed by atoms with Crippen molar-refractivity contribution in [2.75, 3.05) is 13.2 Å². The second kappa shape index (κ2) is 5.74. The number of aliphatic hydroxyl groups excluding tert-OH is 1. The van der Waals surface area contributed by atoms with Gasteiger partial charge in [0.25, 0.3) is 0 Å². The third kappa shape index (κ3) is 5.48. The van der Waals surface area contributed by atoms with Gasteiger partial charge in [0, 0.05) is 0 Å². The Balaban J connectivity index is 3.16. The van der Waals surface area contributed by atoms with Crippen LogP contribution in [0.1, 0.15) is 0 Å². The van der Waals surface area contributed by atoms with Crippen LogP contribution in [0.25, 0.3) is 0 Å². The SMILES string of the molecule is C=COS(=O)OCCO. The minimum Gasteiger partial charge on any atom is -0.394 e. The van der Waals surface area contributed by atoms with E-state index in [0.717, 1.165) is 6.26 Å². The second-order valence-corrected chi connectivity index (χ2v) is 1.85. The van der Waals surface area contributed by atoms with E-state index in [1.54, 1.807) is 0 Å². The van der Waals surface area contributed by atoms with Crippen LogP contribution in [-0.4, -0.2) is 22.5 Å². The van der Waals surface area contributed by atoms with Gasteiger partial charge in [0.05, 0.1) is 19.5 Å². The van der Waals surface area contributed by atoms with Crippen LogP contribution in [0.3, 0.4) is 0 Å². The summed E-state index contributed by atoms with van der Waals surface area (Å²) in [5, 5.41) is 8.14. The minimum absolute atomic E-state index is 0.000448. The monoisotopic (exact) mass is 152 g/mol. The van der Waals surface area contributed by atoms with E-state index < -0.39 is 11.4 Å². The van der Waals surface area contributed by atoms with Crippen LogP contribution in [0.4, 0.5) is 0 Å². The molecule has 4 nitrogen and oxygen atoms in total. The molecule has 0 bridgehead atoms. The lowest BCUT2D eigenvalue weighted by atomic mass is 10.8. The van der Waals surface area contributed by atoms with Gasteiger partial charge < -0.3 is 9.29 Å². The summed E-state index contributed by atoms with van der Waals surface area (Å²) in [6, 6.07) is 0. The Morgan fingerprint density at radius 1 is 1.78 bits per heavy atom. The van der Waals surface area contributed by atoms with Crippen LogP contribution in [0.2, 0.25) is 0 Å². The summed E-state index contributed by atoms with van der Waals surface area (Å²) in [5.41, 5.74) is 0. The molecule has 0 aliphatic carbocycles. The summed E-state index contributed by atoms with van der Waals surface area (Å²) in [7, 11) is 0. The molecule has 0 fully saturated rings. The van der Waals surface area contributed by atoms with Gasteiger partial charge in [0.15, 0.2) is 0 Å². The van der Waals surface area contributed by atoms with E-state index in [1.165, 1.54) is 0 Å². The number of rotatable bonds is 5. The van der Waals surface area contributed by atoms with Crippen LogP contribution >= 0.6 is 0 Å². The average Bonchev–Trinajstić information content (AvgIpc) is 1.85. The fourth-order valence-corrected chi connectivity index (χ4v) is 0.566. The molecule has 1 atom stereocenters. The summed E-state index contributed by atoms with van der Waals surface area (Å²) < 4.78 is 18.9. The standard InChI is InChI=1S/C4H8O4S/c1-2-7-9(6)8-4-3-5/h2,5H,1,3-4H2. The lowest BCUT2D eigenvalue weighted by molar-refractivity contribution is 0.200. The van der Waals surface area contributed by atoms with Gasteiger partial charge in [0.1, 0.15) is 0 Å². The molecule has 5 heteroatoms. The second-order valence-electron chi connectivity index (χ2n) is 1.01. The fraction of sp³-hybridized carbons (Fsp3) is 0.500. The van der Waals surface area contributed by atoms with E-state index in [9.17, 15) is 4.21 Å². The van der Waals surface area contributed by atoms with Gasteiger partial charge in [-0.25, -0.2) is 0 Å². The fourth-order valence-electron chi connectivity index (χ4n) is 0.189. The maximum absolute atomic E-state index is 10.3. The number of hydrogen-bond donors (Lipinski definition) is 1. The zero-order valence-electron chi connectivity index (χ0n) is 4.78. The van der Waals surface area contributed by atoms with E-state index in [-0.39, 0.29) is 13.2 Å². The van der Waals surface area contributed by atoms with Gasteiger partial charge in [-0.2, -0.15) is 4.21 Å². The zero-order valence-corrected chi connectivity index (χ0v) is 5.60. The highest BCUT2D eigenvalue weighted by Gasteiger charge is 1.94. The largest absolute Gasteiger partial charge is 0.394 e. The summed E-state index contributed by atoms with van der Waals surface area (Å²) in [6.45, 7) is 2.98. The van der Waals surface area contributed by atoms with E-state index in [2.05, 4.69) is 14.9 Å². The molecule has 0 aliphatic heterocycles. The molecule has 54 valence electrons. The van der Waals surface area contributed by atoms with Crippen molar-refractivity contribution in [1.82, 2.24) is 0 Å². The molecule has 0 heterocycles. The van der Waals surface area contributed by atoms with Crippen LogP contribution < -0.4 is 0 Å². The Bertz CT molecular complexity index is 103. The molecular formula is C4H8O4S. The van der Waals surface area contributed by atoms with Gasteiger partial charge in [0.2, 0.25) is 0 Å². The predicted octanol–water partition coefficient (Wildman–Crippen LogP) is -0.266. The van der Waals surface area contributed by atoms with E-state index in [4.69, 9.17) is 5.11 Å². The third-order valence-corrected chi connectivity index (χ3v) is 1.07. The summed E-state index contributed by atoms with van der Waals surface area (Å²) in [5.74, 6) is 0. The highest BCUT2D eigenvalue weighted by Crippen LogP contribution is 1.86. The van der Waals surface area contributed by atoms with Crippen LogP contribution in [-0.2, 0) is 19.7 Å². The van der Waals surface area contributed by atoms with E-state index in [1.807, 2.05) is 0 Å². The van der Waals surface area contributed by atoms with Crippen molar-refractivity contribution >= 4 is 11.4 Å². The third-order valence-electron chi connectivity index (χ3n) is 0.417. The molecule has 0 aromatic carbocycles. The molecule has 0 rings (SSSR count).